The van der Waals surface area contributed by atoms with Crippen LogP contribution in [0.4, 0.5) is 5.82 Å². The maximum Gasteiger partial charge on any atom is 0.269 e. The van der Waals surface area contributed by atoms with Crippen LogP contribution in [0, 0.1) is 6.92 Å². The Morgan fingerprint density at radius 1 is 1.15 bits per heavy atom. The molecule has 33 heavy (non-hydrogen) atoms. The van der Waals surface area contributed by atoms with Gasteiger partial charge in [0.2, 0.25) is 0 Å². The van der Waals surface area contributed by atoms with Crippen molar-refractivity contribution in [1.82, 2.24) is 29.3 Å². The Bertz CT molecular complexity index is 1360. The van der Waals surface area contributed by atoms with Crippen LogP contribution in [0.25, 0.3) is 16.9 Å². The number of aliphatic hydroxyl groups is 1. The molecule has 0 saturated carbocycles. The topological polar surface area (TPSA) is 119 Å². The minimum absolute atomic E-state index is 0.166. The SMILES string of the molecule is Cc1nc2cnc(-c3cnc(C(C)(C)O)nc3)cn2c1CN1C(=O)[C@@H](C)Oc2cccnc21. The molecule has 10 heteroatoms. The Hall–Kier alpha value is -3.92. The van der Waals surface area contributed by atoms with Crippen molar-refractivity contribution in [3.05, 3.63) is 60.3 Å². The first kappa shape index (κ1) is 21.0. The van der Waals surface area contributed by atoms with Gasteiger partial charge in [0, 0.05) is 30.4 Å². The monoisotopic (exact) mass is 445 g/mol. The van der Waals surface area contributed by atoms with E-state index in [1.54, 1.807) is 62.6 Å². The van der Waals surface area contributed by atoms with Crippen LogP contribution in [0.2, 0.25) is 0 Å². The molecule has 168 valence electrons. The van der Waals surface area contributed by atoms with Crippen molar-refractivity contribution in [3.63, 3.8) is 0 Å². The van der Waals surface area contributed by atoms with E-state index < -0.39 is 11.7 Å². The van der Waals surface area contributed by atoms with Crippen LogP contribution < -0.4 is 9.64 Å². The first-order valence-electron chi connectivity index (χ1n) is 10.5. The number of anilines is 1. The van der Waals surface area contributed by atoms with E-state index in [4.69, 9.17) is 4.74 Å². The summed E-state index contributed by atoms with van der Waals surface area (Å²) < 4.78 is 7.62. The summed E-state index contributed by atoms with van der Waals surface area (Å²) in [6, 6.07) is 3.58. The number of carbonyl (C=O) groups excluding carboxylic acids is 1. The molecule has 1 N–H and O–H groups in total. The fraction of sp³-hybridized carbons (Fsp3) is 0.304. The molecular formula is C23H23N7O3. The molecule has 0 radical (unpaired) electrons. The molecule has 0 fully saturated rings. The maximum absolute atomic E-state index is 12.9. The summed E-state index contributed by atoms with van der Waals surface area (Å²) in [5.41, 5.74) is 2.49. The molecular weight excluding hydrogens is 422 g/mol. The van der Waals surface area contributed by atoms with Crippen LogP contribution in [-0.4, -0.2) is 46.4 Å². The number of ether oxygens (including phenoxy) is 1. The van der Waals surface area contributed by atoms with Crippen LogP contribution in [-0.2, 0) is 16.9 Å². The number of carbonyl (C=O) groups is 1. The highest BCUT2D eigenvalue weighted by Crippen LogP contribution is 2.33. The Morgan fingerprint density at radius 2 is 1.91 bits per heavy atom. The van der Waals surface area contributed by atoms with Crippen molar-refractivity contribution >= 4 is 17.4 Å². The van der Waals surface area contributed by atoms with Gasteiger partial charge in [0.1, 0.15) is 5.60 Å². The van der Waals surface area contributed by atoms with E-state index in [1.807, 2.05) is 17.5 Å². The van der Waals surface area contributed by atoms with Gasteiger partial charge in [0.05, 0.1) is 29.8 Å². The van der Waals surface area contributed by atoms with Crippen molar-refractivity contribution in [1.29, 1.82) is 0 Å². The summed E-state index contributed by atoms with van der Waals surface area (Å²) in [7, 11) is 0. The predicted molar refractivity (Wildman–Crippen MR) is 120 cm³/mol. The summed E-state index contributed by atoms with van der Waals surface area (Å²) in [5.74, 6) is 1.22. The second kappa shape index (κ2) is 7.59. The van der Waals surface area contributed by atoms with E-state index in [-0.39, 0.29) is 12.5 Å². The molecule has 1 atom stereocenters. The smallest absolute Gasteiger partial charge is 0.269 e. The number of fused-ring (bicyclic) bond motifs is 2. The van der Waals surface area contributed by atoms with Crippen molar-refractivity contribution < 1.29 is 14.6 Å². The molecule has 1 aliphatic rings. The van der Waals surface area contributed by atoms with Crippen LogP contribution in [0.1, 0.15) is 38.0 Å². The zero-order valence-electron chi connectivity index (χ0n) is 18.7. The Balaban J connectivity index is 1.55. The fourth-order valence-corrected chi connectivity index (χ4v) is 3.78. The predicted octanol–water partition coefficient (Wildman–Crippen LogP) is 2.43. The molecule has 4 aromatic heterocycles. The molecule has 0 spiro atoms. The molecule has 0 bridgehead atoms. The van der Waals surface area contributed by atoms with Gasteiger partial charge in [-0.1, -0.05) is 0 Å². The first-order valence-corrected chi connectivity index (χ1v) is 10.5. The van der Waals surface area contributed by atoms with Crippen molar-refractivity contribution in [2.45, 2.75) is 45.9 Å². The average molecular weight is 445 g/mol. The molecule has 4 aromatic rings. The van der Waals surface area contributed by atoms with Crippen molar-refractivity contribution in [3.8, 4) is 17.0 Å². The summed E-state index contributed by atoms with van der Waals surface area (Å²) >= 11 is 0. The second-order valence-corrected chi connectivity index (χ2v) is 8.51. The number of aromatic nitrogens is 6. The largest absolute Gasteiger partial charge is 0.477 e. The Kier molecular flexibility index (Phi) is 4.82. The number of hydrogen-bond acceptors (Lipinski definition) is 8. The molecule has 0 aromatic carbocycles. The molecule has 0 saturated heterocycles. The van der Waals surface area contributed by atoms with Gasteiger partial charge in [-0.05, 0) is 39.8 Å². The normalized spacial score (nSPS) is 16.1. The Morgan fingerprint density at radius 3 is 2.64 bits per heavy atom. The highest BCUT2D eigenvalue weighted by Gasteiger charge is 2.33. The summed E-state index contributed by atoms with van der Waals surface area (Å²) in [5, 5.41) is 10.1. The minimum Gasteiger partial charge on any atom is -0.477 e. The van der Waals surface area contributed by atoms with Crippen LogP contribution >= 0.6 is 0 Å². The zero-order valence-corrected chi connectivity index (χ0v) is 18.7. The van der Waals surface area contributed by atoms with Crippen LogP contribution in [0.5, 0.6) is 5.75 Å². The van der Waals surface area contributed by atoms with E-state index in [9.17, 15) is 9.90 Å². The van der Waals surface area contributed by atoms with Gasteiger partial charge in [-0.3, -0.25) is 19.1 Å². The van der Waals surface area contributed by atoms with Gasteiger partial charge < -0.3 is 9.84 Å². The Labute approximate surface area is 190 Å². The van der Waals surface area contributed by atoms with Crippen molar-refractivity contribution in [2.75, 3.05) is 4.90 Å². The van der Waals surface area contributed by atoms with Gasteiger partial charge in [0.15, 0.2) is 29.1 Å². The molecule has 10 nitrogen and oxygen atoms in total. The van der Waals surface area contributed by atoms with E-state index in [0.717, 1.165) is 11.4 Å². The third kappa shape index (κ3) is 3.68. The lowest BCUT2D eigenvalue weighted by atomic mass is 10.1. The lowest BCUT2D eigenvalue weighted by Gasteiger charge is -2.31. The van der Waals surface area contributed by atoms with E-state index in [0.29, 0.717) is 34.3 Å². The van der Waals surface area contributed by atoms with Crippen LogP contribution in [0.3, 0.4) is 0 Å². The first-order chi connectivity index (χ1) is 15.7. The quantitative estimate of drug-likeness (QED) is 0.509. The highest BCUT2D eigenvalue weighted by atomic mass is 16.5. The molecule has 1 amide bonds. The van der Waals surface area contributed by atoms with E-state index in [2.05, 4.69) is 24.9 Å². The molecule has 0 aliphatic carbocycles. The minimum atomic E-state index is -1.13. The number of aryl methyl sites for hydroxylation is 1. The lowest BCUT2D eigenvalue weighted by molar-refractivity contribution is -0.125. The number of pyridine rings is 1. The zero-order chi connectivity index (χ0) is 23.3. The maximum atomic E-state index is 12.9. The average Bonchev–Trinajstić information content (AvgIpc) is 3.10. The highest BCUT2D eigenvalue weighted by molar-refractivity contribution is 5.98. The van der Waals surface area contributed by atoms with Gasteiger partial charge in [-0.15, -0.1) is 0 Å². The van der Waals surface area contributed by atoms with Gasteiger partial charge in [0.25, 0.3) is 5.91 Å². The van der Waals surface area contributed by atoms with Gasteiger partial charge in [-0.25, -0.2) is 19.9 Å². The lowest BCUT2D eigenvalue weighted by Crippen LogP contribution is -2.44. The molecule has 5 heterocycles. The number of amides is 1. The molecule has 0 unspecified atom stereocenters. The van der Waals surface area contributed by atoms with Gasteiger partial charge in [-0.2, -0.15) is 0 Å². The fourth-order valence-electron chi connectivity index (χ4n) is 3.78. The number of imidazole rings is 1. The summed E-state index contributed by atoms with van der Waals surface area (Å²) in [4.78, 5) is 36.6. The second-order valence-electron chi connectivity index (χ2n) is 8.51. The van der Waals surface area contributed by atoms with E-state index in [1.165, 1.54) is 0 Å². The number of nitrogens with zero attached hydrogens (tertiary/aromatic N) is 7. The third-order valence-corrected chi connectivity index (χ3v) is 5.53. The molecule has 5 rings (SSSR count). The standard InChI is InChI=1S/C23H23N7O3/c1-13-17(12-30-20-18(6-5-7-24-20)33-14(2)21(30)31)29-11-16(25-10-19(29)28-13)15-8-26-22(27-9-15)23(3,4)32/h5-11,14,32H,12H2,1-4H3/t14-/m1/s1. The van der Waals surface area contributed by atoms with E-state index >= 15 is 0 Å². The summed E-state index contributed by atoms with van der Waals surface area (Å²) in [6.07, 6.45) is 7.81. The number of hydrogen-bond donors (Lipinski definition) is 1. The summed E-state index contributed by atoms with van der Waals surface area (Å²) in [6.45, 7) is 7.17. The molecule has 1 aliphatic heterocycles. The van der Waals surface area contributed by atoms with Crippen LogP contribution in [0.15, 0.2) is 43.1 Å². The third-order valence-electron chi connectivity index (χ3n) is 5.53. The van der Waals surface area contributed by atoms with Gasteiger partial charge >= 0.3 is 0 Å². The van der Waals surface area contributed by atoms with Crippen molar-refractivity contribution in [2.24, 2.45) is 0 Å². The number of rotatable bonds is 4.